The van der Waals surface area contributed by atoms with Crippen LogP contribution in [0.3, 0.4) is 0 Å². The van der Waals surface area contributed by atoms with Crippen molar-refractivity contribution >= 4 is 11.6 Å². The van der Waals surface area contributed by atoms with Crippen molar-refractivity contribution in [3.05, 3.63) is 49.6 Å². The van der Waals surface area contributed by atoms with E-state index in [4.69, 9.17) is 14.2 Å². The molecule has 1 aromatic carbocycles. The molecule has 0 aromatic heterocycles. The number of hydrogen-bond donors (Lipinski definition) is 0. The fourth-order valence-corrected chi connectivity index (χ4v) is 4.04. The van der Waals surface area contributed by atoms with Crippen LogP contribution in [0.25, 0.3) is 0 Å². The summed E-state index contributed by atoms with van der Waals surface area (Å²) in [6.07, 6.45) is 8.87. The minimum atomic E-state index is -0.481. The second-order valence-electron chi connectivity index (χ2n) is 7.14. The lowest BCUT2D eigenvalue weighted by Crippen LogP contribution is -2.48. The summed E-state index contributed by atoms with van der Waals surface area (Å²) in [5.74, 6) is 0.0948. The van der Waals surface area contributed by atoms with Gasteiger partial charge in [0.25, 0.3) is 5.91 Å². The SMILES string of the molecule is C=CCC([C@H]1COC2(CCCCC2)O1)N(C(=O)C=C)c1ccc(OC)cc1. The van der Waals surface area contributed by atoms with Gasteiger partial charge in [-0.15, -0.1) is 6.58 Å². The van der Waals surface area contributed by atoms with Gasteiger partial charge < -0.3 is 19.1 Å². The molecule has 1 amide bonds. The lowest BCUT2D eigenvalue weighted by atomic mass is 9.94. The molecule has 1 spiro atoms. The molecule has 1 heterocycles. The quantitative estimate of drug-likeness (QED) is 0.531. The van der Waals surface area contributed by atoms with Crippen LogP contribution >= 0.6 is 0 Å². The Balaban J connectivity index is 1.87. The van der Waals surface area contributed by atoms with Gasteiger partial charge in [-0.1, -0.05) is 19.1 Å². The maximum Gasteiger partial charge on any atom is 0.250 e. The number of anilines is 1. The van der Waals surface area contributed by atoms with E-state index < -0.39 is 5.79 Å². The normalized spacial score (nSPS) is 22.2. The molecule has 5 nitrogen and oxygen atoms in total. The number of amides is 1. The molecular weight excluding hydrogens is 342 g/mol. The fourth-order valence-electron chi connectivity index (χ4n) is 4.04. The Morgan fingerprint density at radius 1 is 1.30 bits per heavy atom. The van der Waals surface area contributed by atoms with Crippen molar-refractivity contribution in [2.45, 2.75) is 56.5 Å². The maximum atomic E-state index is 12.8. The van der Waals surface area contributed by atoms with Crippen LogP contribution < -0.4 is 9.64 Å². The number of hydrogen-bond acceptors (Lipinski definition) is 4. The summed E-state index contributed by atoms with van der Waals surface area (Å²) in [4.78, 5) is 14.5. The molecule has 146 valence electrons. The zero-order valence-electron chi connectivity index (χ0n) is 16.1. The van der Waals surface area contributed by atoms with E-state index in [1.807, 2.05) is 30.3 Å². The Labute approximate surface area is 161 Å². The summed E-state index contributed by atoms with van der Waals surface area (Å²) in [6, 6.07) is 7.24. The molecule has 1 aromatic rings. The first-order chi connectivity index (χ1) is 13.1. The Morgan fingerprint density at radius 2 is 2.00 bits per heavy atom. The molecule has 2 aliphatic rings. The summed E-state index contributed by atoms with van der Waals surface area (Å²) >= 11 is 0. The van der Waals surface area contributed by atoms with Crippen LogP contribution in [-0.4, -0.2) is 37.6 Å². The standard InChI is InChI=1S/C22H29NO4/c1-4-9-19(20-16-26-22(27-20)14-7-6-8-15-22)23(21(24)5-2)17-10-12-18(25-3)13-11-17/h4-5,10-13,19-20H,1-2,6-9,14-16H2,3H3/t19?,20-/m1/s1. The second-order valence-corrected chi connectivity index (χ2v) is 7.14. The third-order valence-corrected chi connectivity index (χ3v) is 5.42. The average molecular weight is 371 g/mol. The Morgan fingerprint density at radius 3 is 2.59 bits per heavy atom. The van der Waals surface area contributed by atoms with Gasteiger partial charge in [0, 0.05) is 18.5 Å². The van der Waals surface area contributed by atoms with Crippen molar-refractivity contribution in [3.63, 3.8) is 0 Å². The van der Waals surface area contributed by atoms with E-state index in [2.05, 4.69) is 13.2 Å². The van der Waals surface area contributed by atoms with Gasteiger partial charge >= 0.3 is 0 Å². The van der Waals surface area contributed by atoms with Crippen molar-refractivity contribution in [1.29, 1.82) is 0 Å². The van der Waals surface area contributed by atoms with Crippen LogP contribution in [0.1, 0.15) is 38.5 Å². The summed E-state index contributed by atoms with van der Waals surface area (Å²) in [5, 5.41) is 0. The first-order valence-electron chi connectivity index (χ1n) is 9.65. The Bertz CT molecular complexity index is 663. The molecule has 2 atom stereocenters. The van der Waals surface area contributed by atoms with Crippen LogP contribution in [0.15, 0.2) is 49.6 Å². The van der Waals surface area contributed by atoms with Gasteiger partial charge in [0.05, 0.1) is 19.8 Å². The molecule has 1 saturated heterocycles. The molecule has 1 aliphatic carbocycles. The molecule has 1 saturated carbocycles. The highest BCUT2D eigenvalue weighted by molar-refractivity contribution is 6.01. The number of carbonyl (C=O) groups is 1. The predicted octanol–water partition coefficient (Wildman–Crippen LogP) is 4.23. The first kappa shape index (κ1) is 19.6. The highest BCUT2D eigenvalue weighted by Crippen LogP contribution is 2.40. The van der Waals surface area contributed by atoms with Crippen molar-refractivity contribution in [3.8, 4) is 5.75 Å². The van der Waals surface area contributed by atoms with E-state index in [1.54, 1.807) is 12.0 Å². The summed E-state index contributed by atoms with van der Waals surface area (Å²) in [5.41, 5.74) is 0.778. The van der Waals surface area contributed by atoms with Crippen molar-refractivity contribution < 1.29 is 19.0 Å². The van der Waals surface area contributed by atoms with Crippen LogP contribution in [0, 0.1) is 0 Å². The van der Waals surface area contributed by atoms with Gasteiger partial charge in [0.1, 0.15) is 11.9 Å². The highest BCUT2D eigenvalue weighted by Gasteiger charge is 2.46. The topological polar surface area (TPSA) is 48.0 Å². The lowest BCUT2D eigenvalue weighted by molar-refractivity contribution is -0.188. The highest BCUT2D eigenvalue weighted by atomic mass is 16.7. The third-order valence-electron chi connectivity index (χ3n) is 5.42. The number of benzene rings is 1. The summed E-state index contributed by atoms with van der Waals surface area (Å²) in [7, 11) is 1.62. The van der Waals surface area contributed by atoms with Crippen LogP contribution in [0.4, 0.5) is 5.69 Å². The molecule has 1 aliphatic heterocycles. The van der Waals surface area contributed by atoms with Crippen molar-refractivity contribution in [2.75, 3.05) is 18.6 Å². The van der Waals surface area contributed by atoms with Crippen molar-refractivity contribution in [2.24, 2.45) is 0 Å². The molecule has 0 N–H and O–H groups in total. The van der Waals surface area contributed by atoms with Gasteiger partial charge in [0.2, 0.25) is 0 Å². The monoisotopic (exact) mass is 371 g/mol. The lowest BCUT2D eigenvalue weighted by Gasteiger charge is -2.36. The number of methoxy groups -OCH3 is 1. The van der Waals surface area contributed by atoms with E-state index in [0.29, 0.717) is 13.0 Å². The Kier molecular flexibility index (Phi) is 6.34. The van der Waals surface area contributed by atoms with Gasteiger partial charge in [-0.05, 0) is 49.6 Å². The average Bonchev–Trinajstić information content (AvgIpc) is 3.11. The molecule has 1 unspecified atom stereocenters. The maximum absolute atomic E-state index is 12.8. The first-order valence-corrected chi connectivity index (χ1v) is 9.65. The van der Waals surface area contributed by atoms with E-state index in [-0.39, 0.29) is 18.1 Å². The molecule has 2 fully saturated rings. The molecule has 0 radical (unpaired) electrons. The minimum absolute atomic E-state index is 0.166. The second kappa shape index (κ2) is 8.72. The zero-order valence-corrected chi connectivity index (χ0v) is 16.1. The summed E-state index contributed by atoms with van der Waals surface area (Å²) < 4.78 is 17.8. The fraction of sp³-hybridized carbons (Fsp3) is 0.500. The minimum Gasteiger partial charge on any atom is -0.497 e. The van der Waals surface area contributed by atoms with Crippen molar-refractivity contribution in [1.82, 2.24) is 0 Å². The van der Waals surface area contributed by atoms with Gasteiger partial charge in [-0.25, -0.2) is 0 Å². The largest absolute Gasteiger partial charge is 0.497 e. The van der Waals surface area contributed by atoms with Gasteiger partial charge in [-0.2, -0.15) is 0 Å². The number of rotatable bonds is 7. The molecule has 27 heavy (non-hydrogen) atoms. The molecule has 0 bridgehead atoms. The Hall–Kier alpha value is -2.11. The summed E-state index contributed by atoms with van der Waals surface area (Å²) in [6.45, 7) is 8.05. The van der Waals surface area contributed by atoms with Crippen LogP contribution in [0.2, 0.25) is 0 Å². The molecule has 5 heteroatoms. The number of nitrogens with zero attached hydrogens (tertiary/aromatic N) is 1. The predicted molar refractivity (Wildman–Crippen MR) is 106 cm³/mol. The number of ether oxygens (including phenoxy) is 3. The van der Waals surface area contributed by atoms with Gasteiger partial charge in [-0.3, -0.25) is 4.79 Å². The number of carbonyl (C=O) groups excluding carboxylic acids is 1. The van der Waals surface area contributed by atoms with E-state index in [1.165, 1.54) is 12.5 Å². The van der Waals surface area contributed by atoms with Gasteiger partial charge in [0.15, 0.2) is 5.79 Å². The van der Waals surface area contributed by atoms with Crippen LogP contribution in [-0.2, 0) is 14.3 Å². The van der Waals surface area contributed by atoms with E-state index >= 15 is 0 Å². The smallest absolute Gasteiger partial charge is 0.250 e. The third kappa shape index (κ3) is 4.25. The zero-order chi connectivity index (χ0) is 19.3. The van der Waals surface area contributed by atoms with E-state index in [0.717, 1.165) is 37.1 Å². The van der Waals surface area contributed by atoms with Crippen LogP contribution in [0.5, 0.6) is 5.75 Å². The van der Waals surface area contributed by atoms with E-state index in [9.17, 15) is 4.79 Å². The molecular formula is C22H29NO4. The molecule has 3 rings (SSSR count).